The predicted molar refractivity (Wildman–Crippen MR) is 53.2 cm³/mol. The van der Waals surface area contributed by atoms with Crippen molar-refractivity contribution in [3.05, 3.63) is 12.7 Å². The van der Waals surface area contributed by atoms with Crippen LogP contribution in [0, 0.1) is 0 Å². The summed E-state index contributed by atoms with van der Waals surface area (Å²) < 4.78 is 25.0. The normalized spacial score (nSPS) is 22.4. The Labute approximate surface area is 83.8 Å². The standard InChI is InChI=1S/C8H14N2O3S/c1-3-8(11)10-5-4-7(6-10)14(12,13)9-2/h3,7,9H,1,4-6H2,2H3/t7-/m0/s1. The van der Waals surface area contributed by atoms with Crippen LogP contribution in [0.5, 0.6) is 0 Å². The molecule has 1 atom stereocenters. The van der Waals surface area contributed by atoms with Crippen molar-refractivity contribution in [2.45, 2.75) is 11.7 Å². The number of carbonyl (C=O) groups is 1. The molecule has 5 nitrogen and oxygen atoms in total. The highest BCUT2D eigenvalue weighted by atomic mass is 32.2. The molecule has 1 fully saturated rings. The van der Waals surface area contributed by atoms with Crippen molar-refractivity contribution in [3.8, 4) is 0 Å². The summed E-state index contributed by atoms with van der Waals surface area (Å²) >= 11 is 0. The number of hydrogen-bond acceptors (Lipinski definition) is 3. The first kappa shape index (κ1) is 11.2. The van der Waals surface area contributed by atoms with Gasteiger partial charge in [-0.1, -0.05) is 6.58 Å². The van der Waals surface area contributed by atoms with Crippen molar-refractivity contribution in [1.82, 2.24) is 9.62 Å². The van der Waals surface area contributed by atoms with E-state index in [2.05, 4.69) is 11.3 Å². The number of nitrogens with one attached hydrogen (secondary N) is 1. The van der Waals surface area contributed by atoms with Gasteiger partial charge >= 0.3 is 0 Å². The van der Waals surface area contributed by atoms with E-state index in [1.165, 1.54) is 18.0 Å². The van der Waals surface area contributed by atoms with Gasteiger partial charge in [0, 0.05) is 13.1 Å². The van der Waals surface area contributed by atoms with Crippen LogP contribution < -0.4 is 4.72 Å². The monoisotopic (exact) mass is 218 g/mol. The smallest absolute Gasteiger partial charge is 0.245 e. The van der Waals surface area contributed by atoms with Crippen molar-refractivity contribution in [2.24, 2.45) is 0 Å². The largest absolute Gasteiger partial charge is 0.338 e. The van der Waals surface area contributed by atoms with Crippen molar-refractivity contribution >= 4 is 15.9 Å². The maximum atomic E-state index is 11.4. The molecule has 0 unspecified atom stereocenters. The fourth-order valence-corrected chi connectivity index (χ4v) is 2.60. The van der Waals surface area contributed by atoms with E-state index in [0.29, 0.717) is 13.0 Å². The lowest BCUT2D eigenvalue weighted by Crippen LogP contribution is -2.35. The molecule has 1 rings (SSSR count). The second-order valence-electron chi connectivity index (χ2n) is 3.15. The first-order chi connectivity index (χ1) is 6.51. The van der Waals surface area contributed by atoms with Crippen LogP contribution in [0.2, 0.25) is 0 Å². The van der Waals surface area contributed by atoms with Crippen molar-refractivity contribution in [3.63, 3.8) is 0 Å². The Bertz CT molecular complexity index is 336. The van der Waals surface area contributed by atoms with Gasteiger partial charge in [0.1, 0.15) is 0 Å². The van der Waals surface area contributed by atoms with E-state index in [-0.39, 0.29) is 12.5 Å². The quantitative estimate of drug-likeness (QED) is 0.638. The summed E-state index contributed by atoms with van der Waals surface area (Å²) in [6, 6.07) is 0. The van der Waals surface area contributed by atoms with Crippen molar-refractivity contribution in [2.75, 3.05) is 20.1 Å². The van der Waals surface area contributed by atoms with Gasteiger partial charge in [0.2, 0.25) is 15.9 Å². The summed E-state index contributed by atoms with van der Waals surface area (Å²) in [5.41, 5.74) is 0. The maximum Gasteiger partial charge on any atom is 0.245 e. The van der Waals surface area contributed by atoms with E-state index in [1.54, 1.807) is 0 Å². The molecule has 0 aliphatic carbocycles. The Morgan fingerprint density at radius 1 is 1.64 bits per heavy atom. The van der Waals surface area contributed by atoms with Gasteiger partial charge in [0.05, 0.1) is 5.25 Å². The molecule has 0 aromatic heterocycles. The average molecular weight is 218 g/mol. The molecule has 0 spiro atoms. The summed E-state index contributed by atoms with van der Waals surface area (Å²) in [6.45, 7) is 4.10. The molecule has 1 aliphatic rings. The number of hydrogen-bond donors (Lipinski definition) is 1. The van der Waals surface area contributed by atoms with Gasteiger partial charge in [-0.25, -0.2) is 13.1 Å². The Morgan fingerprint density at radius 2 is 2.29 bits per heavy atom. The van der Waals surface area contributed by atoms with Gasteiger partial charge in [0.25, 0.3) is 0 Å². The van der Waals surface area contributed by atoms with Gasteiger partial charge in [-0.3, -0.25) is 4.79 Å². The van der Waals surface area contributed by atoms with Gasteiger partial charge in [-0.2, -0.15) is 0 Å². The number of nitrogens with zero attached hydrogens (tertiary/aromatic N) is 1. The van der Waals surface area contributed by atoms with Crippen LogP contribution in [-0.2, 0) is 14.8 Å². The SMILES string of the molecule is C=CC(=O)N1CC[C@H](S(=O)(=O)NC)C1. The van der Waals surface area contributed by atoms with Crippen LogP contribution in [0.4, 0.5) is 0 Å². The summed E-state index contributed by atoms with van der Waals surface area (Å²) in [5.74, 6) is -0.209. The molecule has 1 N–H and O–H groups in total. The lowest BCUT2D eigenvalue weighted by molar-refractivity contribution is -0.124. The lowest BCUT2D eigenvalue weighted by Gasteiger charge is -2.13. The Balaban J connectivity index is 2.67. The fourth-order valence-electron chi connectivity index (χ4n) is 1.48. The highest BCUT2D eigenvalue weighted by molar-refractivity contribution is 7.90. The third-order valence-corrected chi connectivity index (χ3v) is 4.19. The maximum absolute atomic E-state index is 11.4. The van der Waals surface area contributed by atoms with Gasteiger partial charge in [-0.05, 0) is 19.5 Å². The van der Waals surface area contributed by atoms with Crippen LogP contribution in [-0.4, -0.2) is 44.6 Å². The van der Waals surface area contributed by atoms with E-state index >= 15 is 0 Å². The van der Waals surface area contributed by atoms with Gasteiger partial charge in [-0.15, -0.1) is 0 Å². The molecule has 0 saturated carbocycles. The van der Waals surface area contributed by atoms with E-state index in [1.807, 2.05) is 0 Å². The third-order valence-electron chi connectivity index (χ3n) is 2.35. The van der Waals surface area contributed by atoms with Crippen molar-refractivity contribution < 1.29 is 13.2 Å². The molecule has 1 aliphatic heterocycles. The van der Waals surface area contributed by atoms with E-state index in [4.69, 9.17) is 0 Å². The minimum absolute atomic E-state index is 0.209. The van der Waals surface area contributed by atoms with Crippen LogP contribution in [0.1, 0.15) is 6.42 Å². The minimum atomic E-state index is -3.25. The molecule has 0 aromatic rings. The molecule has 80 valence electrons. The second-order valence-corrected chi connectivity index (χ2v) is 5.31. The molecular formula is C8H14N2O3S. The number of likely N-dealkylation sites (tertiary alicyclic amines) is 1. The first-order valence-electron chi connectivity index (χ1n) is 4.35. The molecule has 1 heterocycles. The zero-order valence-corrected chi connectivity index (χ0v) is 8.88. The molecule has 6 heteroatoms. The fraction of sp³-hybridized carbons (Fsp3) is 0.625. The zero-order valence-electron chi connectivity index (χ0n) is 8.06. The zero-order chi connectivity index (χ0) is 10.8. The molecule has 0 aromatic carbocycles. The highest BCUT2D eigenvalue weighted by Gasteiger charge is 2.33. The van der Waals surface area contributed by atoms with E-state index < -0.39 is 15.3 Å². The Hall–Kier alpha value is -0.880. The minimum Gasteiger partial charge on any atom is -0.338 e. The summed E-state index contributed by atoms with van der Waals surface area (Å²) in [7, 11) is -1.87. The Kier molecular flexibility index (Phi) is 3.28. The summed E-state index contributed by atoms with van der Waals surface area (Å²) in [6.07, 6.45) is 1.69. The van der Waals surface area contributed by atoms with Crippen molar-refractivity contribution in [1.29, 1.82) is 0 Å². The van der Waals surface area contributed by atoms with Crippen LogP contribution in [0.3, 0.4) is 0 Å². The molecule has 14 heavy (non-hydrogen) atoms. The number of amides is 1. The predicted octanol–water partition coefficient (Wildman–Crippen LogP) is -0.677. The number of sulfonamides is 1. The van der Waals surface area contributed by atoms with E-state index in [0.717, 1.165) is 0 Å². The molecule has 0 radical (unpaired) electrons. The first-order valence-corrected chi connectivity index (χ1v) is 5.89. The van der Waals surface area contributed by atoms with E-state index in [9.17, 15) is 13.2 Å². The van der Waals surface area contributed by atoms with Gasteiger partial charge < -0.3 is 4.90 Å². The third kappa shape index (κ3) is 2.13. The van der Waals surface area contributed by atoms with Crippen LogP contribution >= 0.6 is 0 Å². The van der Waals surface area contributed by atoms with Crippen LogP contribution in [0.15, 0.2) is 12.7 Å². The lowest BCUT2D eigenvalue weighted by atomic mass is 10.4. The second kappa shape index (κ2) is 4.10. The molecule has 0 bridgehead atoms. The topological polar surface area (TPSA) is 66.5 Å². The summed E-state index contributed by atoms with van der Waals surface area (Å²) in [4.78, 5) is 12.7. The average Bonchev–Trinajstić information content (AvgIpc) is 2.66. The molecular weight excluding hydrogens is 204 g/mol. The summed E-state index contributed by atoms with van der Waals surface area (Å²) in [5, 5.41) is -0.489. The van der Waals surface area contributed by atoms with Crippen LogP contribution in [0.25, 0.3) is 0 Å². The van der Waals surface area contributed by atoms with Gasteiger partial charge in [0.15, 0.2) is 0 Å². The Morgan fingerprint density at radius 3 is 2.79 bits per heavy atom. The number of carbonyl (C=O) groups excluding carboxylic acids is 1. The number of rotatable bonds is 3. The molecule has 1 amide bonds. The molecule has 1 saturated heterocycles. The highest BCUT2D eigenvalue weighted by Crippen LogP contribution is 2.15.